The van der Waals surface area contributed by atoms with Crippen molar-refractivity contribution in [1.29, 1.82) is 0 Å². The minimum Gasteiger partial charge on any atom is -0.494 e. The summed E-state index contributed by atoms with van der Waals surface area (Å²) in [5.41, 5.74) is 0.612. The van der Waals surface area contributed by atoms with Crippen molar-refractivity contribution in [2.24, 2.45) is 0 Å². The fraction of sp³-hybridized carbons (Fsp3) is 0.429. The van der Waals surface area contributed by atoms with E-state index in [9.17, 15) is 14.7 Å². The number of hydrogen-bond acceptors (Lipinski definition) is 3. The van der Waals surface area contributed by atoms with Gasteiger partial charge in [0, 0.05) is 12.1 Å². The molecule has 102 valence electrons. The molecule has 1 unspecified atom stereocenters. The Kier molecular flexibility index (Phi) is 4.04. The van der Waals surface area contributed by atoms with Gasteiger partial charge in [-0.25, -0.2) is 4.79 Å². The topological polar surface area (TPSA) is 66.8 Å². The number of carbonyl (C=O) groups is 2. The maximum Gasteiger partial charge on any atom is 0.326 e. The van der Waals surface area contributed by atoms with Crippen LogP contribution in [-0.2, 0) is 9.59 Å². The Bertz CT molecular complexity index is 469. The van der Waals surface area contributed by atoms with Crippen molar-refractivity contribution in [2.75, 3.05) is 11.5 Å². The molecule has 1 N–H and O–H groups in total. The molecule has 0 saturated carbocycles. The second kappa shape index (κ2) is 5.73. The molecule has 0 bridgehead atoms. The van der Waals surface area contributed by atoms with Crippen molar-refractivity contribution in [3.05, 3.63) is 24.3 Å². The van der Waals surface area contributed by atoms with Gasteiger partial charge in [-0.2, -0.15) is 0 Å². The van der Waals surface area contributed by atoms with Crippen LogP contribution < -0.4 is 9.64 Å². The molecule has 0 aliphatic carbocycles. The van der Waals surface area contributed by atoms with Gasteiger partial charge in [-0.3, -0.25) is 9.69 Å². The number of ether oxygens (including phenoxy) is 1. The number of benzene rings is 1. The Morgan fingerprint density at radius 3 is 2.68 bits per heavy atom. The van der Waals surface area contributed by atoms with Crippen LogP contribution in [0.5, 0.6) is 5.75 Å². The van der Waals surface area contributed by atoms with E-state index in [-0.39, 0.29) is 5.91 Å². The van der Waals surface area contributed by atoms with Gasteiger partial charge < -0.3 is 9.84 Å². The van der Waals surface area contributed by atoms with Crippen LogP contribution in [0, 0.1) is 0 Å². The van der Waals surface area contributed by atoms with Gasteiger partial charge in [-0.1, -0.05) is 0 Å². The number of hydrogen-bond donors (Lipinski definition) is 1. The summed E-state index contributed by atoms with van der Waals surface area (Å²) in [6.45, 7) is 2.46. The Morgan fingerprint density at radius 1 is 1.42 bits per heavy atom. The zero-order valence-corrected chi connectivity index (χ0v) is 10.8. The van der Waals surface area contributed by atoms with Crippen molar-refractivity contribution in [1.82, 2.24) is 0 Å². The van der Waals surface area contributed by atoms with Crippen molar-refractivity contribution in [3.8, 4) is 5.75 Å². The zero-order valence-electron chi connectivity index (χ0n) is 10.8. The van der Waals surface area contributed by atoms with Gasteiger partial charge in [0.1, 0.15) is 11.8 Å². The molecule has 1 heterocycles. The van der Waals surface area contributed by atoms with Gasteiger partial charge in [-0.15, -0.1) is 0 Å². The van der Waals surface area contributed by atoms with Crippen LogP contribution in [0.3, 0.4) is 0 Å². The number of anilines is 1. The molecule has 0 spiro atoms. The van der Waals surface area contributed by atoms with Gasteiger partial charge in [0.2, 0.25) is 5.91 Å². The number of piperidine rings is 1. The molecule has 1 aromatic rings. The van der Waals surface area contributed by atoms with Gasteiger partial charge in [0.15, 0.2) is 0 Å². The molecule has 1 aliphatic heterocycles. The van der Waals surface area contributed by atoms with Gasteiger partial charge >= 0.3 is 5.97 Å². The van der Waals surface area contributed by atoms with Crippen molar-refractivity contribution >= 4 is 17.6 Å². The maximum atomic E-state index is 12.0. The predicted molar refractivity (Wildman–Crippen MR) is 70.4 cm³/mol. The highest BCUT2D eigenvalue weighted by Crippen LogP contribution is 2.27. The minimum absolute atomic E-state index is 0.136. The summed E-state index contributed by atoms with van der Waals surface area (Å²) in [6.07, 6.45) is 1.52. The molecule has 0 aromatic heterocycles. The SMILES string of the molecule is CCOc1ccc(N2C(=O)CCCC2C(=O)O)cc1. The lowest BCUT2D eigenvalue weighted by molar-refractivity contribution is -0.141. The van der Waals surface area contributed by atoms with E-state index in [2.05, 4.69) is 0 Å². The summed E-state index contributed by atoms with van der Waals surface area (Å²) < 4.78 is 5.33. The molecule has 1 fully saturated rings. The fourth-order valence-corrected chi connectivity index (χ4v) is 2.30. The van der Waals surface area contributed by atoms with Gasteiger partial charge in [0.25, 0.3) is 0 Å². The van der Waals surface area contributed by atoms with E-state index in [1.165, 1.54) is 4.90 Å². The van der Waals surface area contributed by atoms with E-state index in [0.29, 0.717) is 37.3 Å². The zero-order chi connectivity index (χ0) is 13.8. The second-order valence-corrected chi connectivity index (χ2v) is 4.44. The number of carboxylic acids is 1. The number of aliphatic carboxylic acids is 1. The molecule has 1 amide bonds. The van der Waals surface area contributed by atoms with Gasteiger partial charge in [0.05, 0.1) is 6.61 Å². The van der Waals surface area contributed by atoms with E-state index in [0.717, 1.165) is 0 Å². The number of carbonyl (C=O) groups excluding carboxylic acids is 1. The van der Waals surface area contributed by atoms with Crippen LogP contribution in [-0.4, -0.2) is 29.6 Å². The smallest absolute Gasteiger partial charge is 0.326 e. The fourth-order valence-electron chi connectivity index (χ4n) is 2.30. The highest BCUT2D eigenvalue weighted by Gasteiger charge is 2.34. The first kappa shape index (κ1) is 13.4. The summed E-state index contributed by atoms with van der Waals surface area (Å²) in [5.74, 6) is -0.382. The Balaban J connectivity index is 2.25. The first-order valence-corrected chi connectivity index (χ1v) is 6.41. The molecule has 1 saturated heterocycles. The molecule has 1 aliphatic rings. The quantitative estimate of drug-likeness (QED) is 0.902. The lowest BCUT2D eigenvalue weighted by Crippen LogP contribution is -2.48. The monoisotopic (exact) mass is 263 g/mol. The van der Waals surface area contributed by atoms with E-state index < -0.39 is 12.0 Å². The standard InChI is InChI=1S/C14H17NO4/c1-2-19-11-8-6-10(7-9-11)15-12(14(17)18)4-3-5-13(15)16/h6-9,12H,2-5H2,1H3,(H,17,18). The molecular weight excluding hydrogens is 246 g/mol. The molecule has 5 nitrogen and oxygen atoms in total. The van der Waals surface area contributed by atoms with Crippen LogP contribution in [0.4, 0.5) is 5.69 Å². The second-order valence-electron chi connectivity index (χ2n) is 4.44. The molecule has 19 heavy (non-hydrogen) atoms. The lowest BCUT2D eigenvalue weighted by atomic mass is 10.0. The Hall–Kier alpha value is -2.04. The van der Waals surface area contributed by atoms with E-state index in [1.807, 2.05) is 6.92 Å². The largest absolute Gasteiger partial charge is 0.494 e. The van der Waals surface area contributed by atoms with E-state index in [4.69, 9.17) is 4.74 Å². The first-order valence-electron chi connectivity index (χ1n) is 6.41. The van der Waals surface area contributed by atoms with Crippen molar-refractivity contribution in [2.45, 2.75) is 32.2 Å². The van der Waals surface area contributed by atoms with Crippen molar-refractivity contribution < 1.29 is 19.4 Å². The highest BCUT2D eigenvalue weighted by molar-refractivity contribution is 6.00. The third kappa shape index (κ3) is 2.86. The summed E-state index contributed by atoms with van der Waals surface area (Å²) in [4.78, 5) is 24.6. The highest BCUT2D eigenvalue weighted by atomic mass is 16.5. The summed E-state index contributed by atoms with van der Waals surface area (Å²) in [7, 11) is 0. The summed E-state index contributed by atoms with van der Waals surface area (Å²) in [6, 6.07) is 6.19. The molecule has 0 radical (unpaired) electrons. The molecule has 1 atom stereocenters. The summed E-state index contributed by atoms with van der Waals surface area (Å²) in [5, 5.41) is 9.21. The van der Waals surface area contributed by atoms with Crippen LogP contribution in [0.15, 0.2) is 24.3 Å². The first-order chi connectivity index (χ1) is 9.13. The molecular formula is C14H17NO4. The number of amides is 1. The van der Waals surface area contributed by atoms with E-state index in [1.54, 1.807) is 24.3 Å². The van der Waals surface area contributed by atoms with Crippen LogP contribution in [0.1, 0.15) is 26.2 Å². The Morgan fingerprint density at radius 2 is 2.11 bits per heavy atom. The normalized spacial score (nSPS) is 19.3. The van der Waals surface area contributed by atoms with Crippen LogP contribution >= 0.6 is 0 Å². The van der Waals surface area contributed by atoms with Crippen LogP contribution in [0.2, 0.25) is 0 Å². The molecule has 1 aromatic carbocycles. The van der Waals surface area contributed by atoms with E-state index >= 15 is 0 Å². The summed E-state index contributed by atoms with van der Waals surface area (Å²) >= 11 is 0. The third-order valence-electron chi connectivity index (χ3n) is 3.16. The van der Waals surface area contributed by atoms with Crippen LogP contribution in [0.25, 0.3) is 0 Å². The van der Waals surface area contributed by atoms with Crippen molar-refractivity contribution in [3.63, 3.8) is 0 Å². The maximum absolute atomic E-state index is 12.0. The van der Waals surface area contributed by atoms with Gasteiger partial charge in [-0.05, 0) is 44.0 Å². The predicted octanol–water partition coefficient (Wildman–Crippen LogP) is 2.06. The average Bonchev–Trinajstić information content (AvgIpc) is 2.40. The lowest BCUT2D eigenvalue weighted by Gasteiger charge is -2.32. The Labute approximate surface area is 111 Å². The average molecular weight is 263 g/mol. The molecule has 2 rings (SSSR count). The number of nitrogens with zero attached hydrogens (tertiary/aromatic N) is 1. The molecule has 5 heteroatoms. The number of carboxylic acid groups (broad SMARTS) is 1. The third-order valence-corrected chi connectivity index (χ3v) is 3.16. The minimum atomic E-state index is -0.957. The number of rotatable bonds is 4.